The number of rotatable bonds is 13. The smallest absolute Gasteiger partial charge is 0.394 e. The van der Waals surface area contributed by atoms with Gasteiger partial charge < -0.3 is 38.1 Å². The fraction of sp³-hybridized carbons (Fsp3) is 1.00. The van der Waals surface area contributed by atoms with Crippen LogP contribution in [-0.4, -0.2) is 82.3 Å². The Morgan fingerprint density at radius 3 is 2.04 bits per heavy atom. The van der Waals surface area contributed by atoms with Gasteiger partial charge in [0.2, 0.25) is 0 Å². The van der Waals surface area contributed by atoms with Crippen LogP contribution >= 0.6 is 0 Å². The van der Waals surface area contributed by atoms with Crippen molar-refractivity contribution in [3.8, 4) is 0 Å². The molecule has 9 heteroatoms. The van der Waals surface area contributed by atoms with Gasteiger partial charge in [-0.05, 0) is 6.42 Å². The molecule has 8 nitrogen and oxygen atoms in total. The molecule has 24 heavy (non-hydrogen) atoms. The van der Waals surface area contributed by atoms with Crippen molar-refractivity contribution in [3.63, 3.8) is 0 Å². The van der Waals surface area contributed by atoms with Crippen LogP contribution in [0, 0.1) is 0 Å². The zero-order chi connectivity index (χ0) is 17.9. The minimum Gasteiger partial charge on any atom is -0.394 e. The molecule has 0 aliphatic carbocycles. The van der Waals surface area contributed by atoms with Crippen molar-refractivity contribution in [1.29, 1.82) is 0 Å². The van der Waals surface area contributed by atoms with E-state index in [1.54, 1.807) is 0 Å². The lowest BCUT2D eigenvalue weighted by Gasteiger charge is -2.44. The van der Waals surface area contributed by atoms with E-state index in [4.69, 9.17) is 33.0 Å². The summed E-state index contributed by atoms with van der Waals surface area (Å²) in [5.74, 6) is -1.04. The second-order valence-corrected chi connectivity index (χ2v) is 8.26. The maximum atomic E-state index is 9.88. The molecule has 144 valence electrons. The van der Waals surface area contributed by atoms with Crippen molar-refractivity contribution in [3.05, 3.63) is 0 Å². The molecule has 1 aliphatic heterocycles. The van der Waals surface area contributed by atoms with Crippen LogP contribution in [0.2, 0.25) is 6.04 Å². The molecule has 0 aromatic carbocycles. The Kier molecular flexibility index (Phi) is 10.5. The number of aliphatic hydroxyl groups excluding tert-OH is 3. The molecule has 1 fully saturated rings. The maximum Gasteiger partial charge on any atom is 0.501 e. The van der Waals surface area contributed by atoms with Crippen molar-refractivity contribution < 1.29 is 38.1 Å². The molecule has 0 aromatic rings. The predicted molar refractivity (Wildman–Crippen MR) is 88.4 cm³/mol. The summed E-state index contributed by atoms with van der Waals surface area (Å²) in [7, 11) is -3.21. The molecular formula is C15H32O8Si. The van der Waals surface area contributed by atoms with Gasteiger partial charge in [0, 0.05) is 12.5 Å². The highest BCUT2D eigenvalue weighted by molar-refractivity contribution is 6.60. The lowest BCUT2D eigenvalue weighted by atomic mass is 10.1. The second-order valence-electron chi connectivity index (χ2n) is 5.58. The van der Waals surface area contributed by atoms with Crippen LogP contribution in [0.3, 0.4) is 0 Å². The van der Waals surface area contributed by atoms with Crippen LogP contribution in [-0.2, 0) is 22.8 Å². The third-order valence-corrected chi connectivity index (χ3v) is 6.88. The molecule has 1 saturated heterocycles. The number of ether oxygens (including phenoxy) is 2. The van der Waals surface area contributed by atoms with E-state index in [0.717, 1.165) is 12.8 Å². The lowest BCUT2D eigenvalue weighted by Crippen LogP contribution is -2.59. The van der Waals surface area contributed by atoms with Crippen LogP contribution in [0.5, 0.6) is 0 Å². The van der Waals surface area contributed by atoms with Gasteiger partial charge in [0.25, 0.3) is 0 Å². The van der Waals surface area contributed by atoms with Gasteiger partial charge in [0.05, 0.1) is 46.2 Å². The van der Waals surface area contributed by atoms with E-state index >= 15 is 0 Å². The molecule has 1 heterocycles. The van der Waals surface area contributed by atoms with Gasteiger partial charge in [-0.3, -0.25) is 0 Å². The first-order valence-electron chi connectivity index (χ1n) is 8.68. The molecule has 3 N–H and O–H groups in total. The summed E-state index contributed by atoms with van der Waals surface area (Å²) in [5.41, 5.74) is 0. The van der Waals surface area contributed by atoms with Crippen LogP contribution in [0.4, 0.5) is 0 Å². The third-order valence-electron chi connectivity index (χ3n) is 3.84. The van der Waals surface area contributed by atoms with Gasteiger partial charge in [-0.15, -0.1) is 0 Å². The fourth-order valence-electron chi connectivity index (χ4n) is 2.71. The average molecular weight is 368 g/mol. The van der Waals surface area contributed by atoms with Gasteiger partial charge in [-0.25, -0.2) is 0 Å². The van der Waals surface area contributed by atoms with Gasteiger partial charge in [-0.1, -0.05) is 20.3 Å². The van der Waals surface area contributed by atoms with E-state index in [1.807, 2.05) is 13.8 Å². The standard InChI is InChI=1S/C15H32O8Si/c1-3-12-24(21-10-6-16,22-11-7-17)23-14(13-18)15(4-2)19-8-5-9-20-15/h14,16-18H,3-13H2,1-2H3. The third kappa shape index (κ3) is 6.01. The van der Waals surface area contributed by atoms with E-state index in [0.29, 0.717) is 25.7 Å². The van der Waals surface area contributed by atoms with Crippen LogP contribution in [0.1, 0.15) is 33.1 Å². The van der Waals surface area contributed by atoms with E-state index < -0.39 is 20.7 Å². The van der Waals surface area contributed by atoms with Crippen molar-refractivity contribution in [2.45, 2.75) is 51.0 Å². The Bertz CT molecular complexity index is 317. The maximum absolute atomic E-state index is 9.88. The predicted octanol–water partition coefficient (Wildman–Crippen LogP) is 0.274. The molecule has 0 aromatic heterocycles. The van der Waals surface area contributed by atoms with Crippen molar-refractivity contribution in [1.82, 2.24) is 0 Å². The van der Waals surface area contributed by atoms with Gasteiger partial charge in [0.15, 0.2) is 5.79 Å². The molecule has 1 atom stereocenters. The second kappa shape index (κ2) is 11.5. The number of hydrogen-bond donors (Lipinski definition) is 3. The van der Waals surface area contributed by atoms with E-state index in [9.17, 15) is 5.11 Å². The molecule has 0 radical (unpaired) electrons. The molecule has 0 saturated carbocycles. The number of aliphatic hydroxyl groups is 3. The summed E-state index contributed by atoms with van der Waals surface area (Å²) >= 11 is 0. The Hall–Kier alpha value is -0.103. The van der Waals surface area contributed by atoms with Crippen molar-refractivity contribution in [2.24, 2.45) is 0 Å². The van der Waals surface area contributed by atoms with Crippen LogP contribution in [0.15, 0.2) is 0 Å². The Morgan fingerprint density at radius 2 is 1.62 bits per heavy atom. The first kappa shape index (κ1) is 21.9. The highest BCUT2D eigenvalue weighted by Crippen LogP contribution is 2.32. The number of hydrogen-bond acceptors (Lipinski definition) is 8. The largest absolute Gasteiger partial charge is 0.501 e. The van der Waals surface area contributed by atoms with E-state index in [2.05, 4.69) is 0 Å². The van der Waals surface area contributed by atoms with E-state index in [-0.39, 0.29) is 33.0 Å². The first-order chi connectivity index (χ1) is 11.6. The van der Waals surface area contributed by atoms with Crippen LogP contribution in [0.25, 0.3) is 0 Å². The molecule has 0 spiro atoms. The molecule has 0 amide bonds. The summed E-state index contributed by atoms with van der Waals surface area (Å²) in [6.45, 7) is 4.43. The monoisotopic (exact) mass is 368 g/mol. The quantitative estimate of drug-likeness (QED) is 0.398. The summed E-state index contributed by atoms with van der Waals surface area (Å²) in [6.07, 6.45) is 1.27. The molecule has 0 bridgehead atoms. The Balaban J connectivity index is 2.96. The molecule has 1 rings (SSSR count). The normalized spacial score (nSPS) is 19.4. The topological polar surface area (TPSA) is 107 Å². The van der Waals surface area contributed by atoms with Crippen molar-refractivity contribution in [2.75, 3.05) is 46.2 Å². The average Bonchev–Trinajstić information content (AvgIpc) is 2.63. The fourth-order valence-corrected chi connectivity index (χ4v) is 5.44. The van der Waals surface area contributed by atoms with Gasteiger partial charge in [-0.2, -0.15) is 0 Å². The minimum atomic E-state index is -3.21. The van der Waals surface area contributed by atoms with Crippen molar-refractivity contribution >= 4 is 8.80 Å². The lowest BCUT2D eigenvalue weighted by molar-refractivity contribution is -0.313. The Labute approximate surface area is 145 Å². The highest BCUT2D eigenvalue weighted by atomic mass is 28.4. The summed E-state index contributed by atoms with van der Waals surface area (Å²) < 4.78 is 29.2. The Morgan fingerprint density at radius 1 is 1.04 bits per heavy atom. The minimum absolute atomic E-state index is 0.0661. The van der Waals surface area contributed by atoms with Gasteiger partial charge in [0.1, 0.15) is 6.10 Å². The SMILES string of the molecule is CCC[Si](OCCO)(OCCO)OC(CO)C1(CC)OCCCO1. The van der Waals surface area contributed by atoms with Gasteiger partial charge >= 0.3 is 8.80 Å². The first-order valence-corrected chi connectivity index (χ1v) is 10.6. The summed E-state index contributed by atoms with van der Waals surface area (Å²) in [4.78, 5) is 0. The highest BCUT2D eigenvalue weighted by Gasteiger charge is 2.50. The summed E-state index contributed by atoms with van der Waals surface area (Å²) in [6, 6.07) is 0.503. The van der Waals surface area contributed by atoms with E-state index in [1.165, 1.54) is 0 Å². The van der Waals surface area contributed by atoms with Crippen LogP contribution < -0.4 is 0 Å². The zero-order valence-corrected chi connectivity index (χ0v) is 15.7. The summed E-state index contributed by atoms with van der Waals surface area (Å²) in [5, 5.41) is 28.1. The molecular weight excluding hydrogens is 336 g/mol. The zero-order valence-electron chi connectivity index (χ0n) is 14.7. The molecule has 1 unspecified atom stereocenters. The molecule has 1 aliphatic rings.